The monoisotopic (exact) mass is 282 g/mol. The number of benzene rings is 1. The molecule has 2 aromatic rings. The normalized spacial score (nSPS) is 14.2. The molecule has 0 spiro atoms. The number of ether oxygens (including phenoxy) is 1. The van der Waals surface area contributed by atoms with Gasteiger partial charge in [-0.1, -0.05) is 31.1 Å². The highest BCUT2D eigenvalue weighted by Crippen LogP contribution is 2.39. The fraction of sp³-hybridized carbons (Fsp3) is 0.389. The van der Waals surface area contributed by atoms with E-state index in [0.29, 0.717) is 0 Å². The number of methoxy groups -OCH3 is 1. The molecule has 21 heavy (non-hydrogen) atoms. The van der Waals surface area contributed by atoms with Gasteiger partial charge in [-0.3, -0.25) is 0 Å². The van der Waals surface area contributed by atoms with Crippen molar-refractivity contribution >= 4 is 5.57 Å². The standard InChI is InChI=1S/C18H22N2O/c1-3-5-15-13(10-14-11-19-12-20-14)8-9-17-16(15)6-4-7-18(17)21-2/h4,6-7,11-12H,3,5,8-10H2,1-2H3,(H,19,20). The molecule has 1 N–H and O–H groups in total. The summed E-state index contributed by atoms with van der Waals surface area (Å²) in [6.07, 6.45) is 9.14. The lowest BCUT2D eigenvalue weighted by molar-refractivity contribution is 0.409. The molecule has 3 heteroatoms. The largest absolute Gasteiger partial charge is 0.496 e. The minimum Gasteiger partial charge on any atom is -0.496 e. The Bertz CT molecular complexity index is 641. The fourth-order valence-corrected chi connectivity index (χ4v) is 3.28. The van der Waals surface area contributed by atoms with Gasteiger partial charge < -0.3 is 9.72 Å². The number of aromatic nitrogens is 2. The molecular formula is C18H22N2O. The summed E-state index contributed by atoms with van der Waals surface area (Å²) in [6, 6.07) is 6.42. The van der Waals surface area contributed by atoms with E-state index in [1.54, 1.807) is 19.0 Å². The maximum absolute atomic E-state index is 5.54. The molecule has 0 atom stereocenters. The Labute approximate surface area is 126 Å². The van der Waals surface area contributed by atoms with E-state index in [9.17, 15) is 0 Å². The van der Waals surface area contributed by atoms with Crippen LogP contribution in [0.1, 0.15) is 43.0 Å². The van der Waals surface area contributed by atoms with Crippen molar-refractivity contribution in [2.45, 2.75) is 39.0 Å². The van der Waals surface area contributed by atoms with Gasteiger partial charge in [-0.25, -0.2) is 4.98 Å². The Morgan fingerprint density at radius 2 is 2.19 bits per heavy atom. The van der Waals surface area contributed by atoms with Gasteiger partial charge in [0.05, 0.1) is 13.4 Å². The van der Waals surface area contributed by atoms with Crippen molar-refractivity contribution in [1.29, 1.82) is 0 Å². The Balaban J connectivity index is 2.03. The van der Waals surface area contributed by atoms with Crippen molar-refractivity contribution in [2.75, 3.05) is 7.11 Å². The first-order chi connectivity index (χ1) is 10.3. The molecule has 0 aliphatic heterocycles. The fourth-order valence-electron chi connectivity index (χ4n) is 3.28. The molecule has 1 aliphatic carbocycles. The molecule has 0 saturated carbocycles. The summed E-state index contributed by atoms with van der Waals surface area (Å²) >= 11 is 0. The Morgan fingerprint density at radius 3 is 2.90 bits per heavy atom. The van der Waals surface area contributed by atoms with Gasteiger partial charge in [-0.05, 0) is 36.5 Å². The third kappa shape index (κ3) is 2.73. The minimum atomic E-state index is 0.978. The van der Waals surface area contributed by atoms with Gasteiger partial charge in [-0.15, -0.1) is 0 Å². The summed E-state index contributed by atoms with van der Waals surface area (Å²) in [5.74, 6) is 1.03. The molecular weight excluding hydrogens is 260 g/mol. The average Bonchev–Trinajstić information content (AvgIpc) is 3.02. The molecule has 1 aliphatic rings. The van der Waals surface area contributed by atoms with Crippen molar-refractivity contribution in [3.05, 3.63) is 53.1 Å². The lowest BCUT2D eigenvalue weighted by Crippen LogP contribution is -2.09. The number of nitrogens with zero attached hydrogens (tertiary/aromatic N) is 1. The van der Waals surface area contributed by atoms with Gasteiger partial charge in [0.2, 0.25) is 0 Å². The first-order valence-electron chi connectivity index (χ1n) is 7.68. The van der Waals surface area contributed by atoms with E-state index < -0.39 is 0 Å². The first kappa shape index (κ1) is 13.9. The maximum atomic E-state index is 5.54. The van der Waals surface area contributed by atoms with Crippen molar-refractivity contribution in [3.63, 3.8) is 0 Å². The van der Waals surface area contributed by atoms with Crippen molar-refractivity contribution in [3.8, 4) is 5.75 Å². The molecule has 1 aromatic carbocycles. The SMILES string of the molecule is CCCC1=C(Cc2cnc[nH]2)CCc2c(OC)cccc21. The second-order valence-electron chi connectivity index (χ2n) is 5.57. The number of allylic oxidation sites excluding steroid dienone is 2. The zero-order chi connectivity index (χ0) is 14.7. The van der Waals surface area contributed by atoms with Crippen molar-refractivity contribution < 1.29 is 4.74 Å². The summed E-state index contributed by atoms with van der Waals surface area (Å²) in [6.45, 7) is 2.25. The van der Waals surface area contributed by atoms with E-state index in [4.69, 9.17) is 4.74 Å². The number of hydrogen-bond donors (Lipinski definition) is 1. The van der Waals surface area contributed by atoms with E-state index >= 15 is 0 Å². The lowest BCUT2D eigenvalue weighted by Gasteiger charge is -2.25. The molecule has 0 bridgehead atoms. The van der Waals surface area contributed by atoms with Crippen molar-refractivity contribution in [1.82, 2.24) is 9.97 Å². The van der Waals surface area contributed by atoms with Crippen LogP contribution in [0.5, 0.6) is 5.75 Å². The summed E-state index contributed by atoms with van der Waals surface area (Å²) in [5, 5.41) is 0. The van der Waals surface area contributed by atoms with Gasteiger partial charge in [0.1, 0.15) is 5.75 Å². The minimum absolute atomic E-state index is 0.978. The topological polar surface area (TPSA) is 37.9 Å². The summed E-state index contributed by atoms with van der Waals surface area (Å²) < 4.78 is 5.54. The smallest absolute Gasteiger partial charge is 0.122 e. The van der Waals surface area contributed by atoms with E-state index in [0.717, 1.165) is 31.4 Å². The lowest BCUT2D eigenvalue weighted by atomic mass is 9.81. The van der Waals surface area contributed by atoms with Crippen LogP contribution in [0.25, 0.3) is 5.57 Å². The molecule has 0 unspecified atom stereocenters. The molecule has 0 radical (unpaired) electrons. The van der Waals surface area contributed by atoms with Crippen LogP contribution in [0.2, 0.25) is 0 Å². The first-order valence-corrected chi connectivity index (χ1v) is 7.68. The van der Waals surface area contributed by atoms with E-state index in [2.05, 4.69) is 35.1 Å². The highest BCUT2D eigenvalue weighted by molar-refractivity contribution is 5.75. The highest BCUT2D eigenvalue weighted by atomic mass is 16.5. The van der Waals surface area contributed by atoms with Crippen LogP contribution in [0.4, 0.5) is 0 Å². The summed E-state index contributed by atoms with van der Waals surface area (Å²) in [7, 11) is 1.76. The third-order valence-corrected chi connectivity index (χ3v) is 4.24. The number of nitrogens with one attached hydrogen (secondary N) is 1. The molecule has 3 rings (SSSR count). The predicted molar refractivity (Wildman–Crippen MR) is 85.4 cm³/mol. The molecule has 1 heterocycles. The number of fused-ring (bicyclic) bond motifs is 1. The van der Waals surface area contributed by atoms with Crippen LogP contribution in [0.3, 0.4) is 0 Å². The molecule has 0 fully saturated rings. The van der Waals surface area contributed by atoms with Gasteiger partial charge in [0, 0.05) is 23.9 Å². The van der Waals surface area contributed by atoms with E-state index in [1.165, 1.54) is 28.8 Å². The van der Waals surface area contributed by atoms with Crippen LogP contribution in [0.15, 0.2) is 36.3 Å². The highest BCUT2D eigenvalue weighted by Gasteiger charge is 2.21. The van der Waals surface area contributed by atoms with Crippen LogP contribution >= 0.6 is 0 Å². The molecule has 3 nitrogen and oxygen atoms in total. The molecule has 0 saturated heterocycles. The van der Waals surface area contributed by atoms with Crippen LogP contribution in [-0.2, 0) is 12.8 Å². The second kappa shape index (κ2) is 6.17. The average molecular weight is 282 g/mol. The predicted octanol–water partition coefficient (Wildman–Crippen LogP) is 4.16. The van der Waals surface area contributed by atoms with Crippen molar-refractivity contribution in [2.24, 2.45) is 0 Å². The third-order valence-electron chi connectivity index (χ3n) is 4.24. The Kier molecular flexibility index (Phi) is 4.09. The second-order valence-corrected chi connectivity index (χ2v) is 5.57. The maximum Gasteiger partial charge on any atom is 0.122 e. The van der Waals surface area contributed by atoms with Gasteiger partial charge in [0.15, 0.2) is 0 Å². The Hall–Kier alpha value is -2.03. The molecule has 1 aromatic heterocycles. The zero-order valence-corrected chi connectivity index (χ0v) is 12.8. The number of aromatic amines is 1. The van der Waals surface area contributed by atoms with Gasteiger partial charge in [-0.2, -0.15) is 0 Å². The van der Waals surface area contributed by atoms with Crippen LogP contribution < -0.4 is 4.74 Å². The number of hydrogen-bond acceptors (Lipinski definition) is 2. The Morgan fingerprint density at radius 1 is 1.29 bits per heavy atom. The zero-order valence-electron chi connectivity index (χ0n) is 12.8. The van der Waals surface area contributed by atoms with Crippen LogP contribution in [0, 0.1) is 0 Å². The number of H-pyrrole nitrogens is 1. The summed E-state index contributed by atoms with van der Waals surface area (Å²) in [4.78, 5) is 7.36. The van der Waals surface area contributed by atoms with E-state index in [1.807, 2.05) is 6.20 Å². The summed E-state index contributed by atoms with van der Waals surface area (Å²) in [5.41, 5.74) is 7.01. The van der Waals surface area contributed by atoms with Gasteiger partial charge in [0.25, 0.3) is 0 Å². The molecule has 110 valence electrons. The molecule has 0 amide bonds. The number of rotatable bonds is 5. The number of imidazole rings is 1. The van der Waals surface area contributed by atoms with E-state index in [-0.39, 0.29) is 0 Å². The quantitative estimate of drug-likeness (QED) is 0.894. The van der Waals surface area contributed by atoms with Gasteiger partial charge >= 0.3 is 0 Å². The van der Waals surface area contributed by atoms with Crippen LogP contribution in [-0.4, -0.2) is 17.1 Å².